The van der Waals surface area contributed by atoms with Gasteiger partial charge in [0.25, 0.3) is 5.91 Å². The fourth-order valence-electron chi connectivity index (χ4n) is 3.05. The van der Waals surface area contributed by atoms with Gasteiger partial charge in [-0.1, -0.05) is 43.3 Å². The molecule has 0 saturated carbocycles. The van der Waals surface area contributed by atoms with Crippen molar-refractivity contribution >= 4 is 15.9 Å². The first-order chi connectivity index (χ1) is 12.5. The van der Waals surface area contributed by atoms with Crippen LogP contribution in [0.3, 0.4) is 0 Å². The molecule has 1 amide bonds. The SMILES string of the molecule is CC1CCN(S(=O)(=O)c2cccc(C(=O)NCc3ccccc3)c2)CC1. The molecular weight excluding hydrogens is 348 g/mol. The third kappa shape index (κ3) is 4.31. The van der Waals surface area contributed by atoms with Crippen molar-refractivity contribution in [1.29, 1.82) is 0 Å². The van der Waals surface area contributed by atoms with Crippen LogP contribution in [0.25, 0.3) is 0 Å². The van der Waals surface area contributed by atoms with Crippen LogP contribution in [-0.4, -0.2) is 31.7 Å². The van der Waals surface area contributed by atoms with Gasteiger partial charge in [-0.2, -0.15) is 4.31 Å². The molecule has 0 aromatic heterocycles. The fourth-order valence-corrected chi connectivity index (χ4v) is 4.57. The molecule has 2 aromatic rings. The summed E-state index contributed by atoms with van der Waals surface area (Å²) in [6.45, 7) is 3.62. The van der Waals surface area contributed by atoms with Crippen LogP contribution in [0, 0.1) is 5.92 Å². The average molecular weight is 372 g/mol. The number of carbonyl (C=O) groups is 1. The molecule has 138 valence electrons. The summed E-state index contributed by atoms with van der Waals surface area (Å²) in [7, 11) is -3.56. The summed E-state index contributed by atoms with van der Waals surface area (Å²) < 4.78 is 27.2. The van der Waals surface area contributed by atoms with Gasteiger partial charge in [-0.25, -0.2) is 8.42 Å². The molecule has 5 nitrogen and oxygen atoms in total. The van der Waals surface area contributed by atoms with Gasteiger partial charge in [-0.3, -0.25) is 4.79 Å². The van der Waals surface area contributed by atoms with Gasteiger partial charge >= 0.3 is 0 Å². The standard InChI is InChI=1S/C20H24N2O3S/c1-16-10-12-22(13-11-16)26(24,25)19-9-5-8-18(14-19)20(23)21-15-17-6-3-2-4-7-17/h2-9,14,16H,10-13,15H2,1H3,(H,21,23). The van der Waals surface area contributed by atoms with Crippen LogP contribution in [0.15, 0.2) is 59.5 Å². The number of nitrogens with one attached hydrogen (secondary N) is 1. The molecule has 0 unspecified atom stereocenters. The Hall–Kier alpha value is -2.18. The van der Waals surface area contributed by atoms with E-state index in [4.69, 9.17) is 0 Å². The number of piperidine rings is 1. The smallest absolute Gasteiger partial charge is 0.251 e. The number of carbonyl (C=O) groups excluding carboxylic acids is 1. The zero-order valence-electron chi connectivity index (χ0n) is 14.9. The Bertz CT molecular complexity index is 858. The van der Waals surface area contributed by atoms with E-state index in [1.165, 1.54) is 10.4 Å². The van der Waals surface area contributed by atoms with Gasteiger partial charge in [-0.15, -0.1) is 0 Å². The lowest BCUT2D eigenvalue weighted by Gasteiger charge is -2.29. The quantitative estimate of drug-likeness (QED) is 0.877. The summed E-state index contributed by atoms with van der Waals surface area (Å²) in [5.74, 6) is 0.273. The highest BCUT2D eigenvalue weighted by Gasteiger charge is 2.28. The molecule has 6 heteroatoms. The van der Waals surface area contributed by atoms with E-state index in [2.05, 4.69) is 12.2 Å². The number of nitrogens with zero attached hydrogens (tertiary/aromatic N) is 1. The van der Waals surface area contributed by atoms with Crippen molar-refractivity contribution in [2.45, 2.75) is 31.2 Å². The van der Waals surface area contributed by atoms with Gasteiger partial charge in [0.15, 0.2) is 0 Å². The Kier molecular flexibility index (Phi) is 5.74. The molecule has 0 atom stereocenters. The number of hydrogen-bond donors (Lipinski definition) is 1. The third-order valence-corrected chi connectivity index (χ3v) is 6.67. The maximum absolute atomic E-state index is 12.8. The van der Waals surface area contributed by atoms with Crippen molar-refractivity contribution in [2.24, 2.45) is 5.92 Å². The van der Waals surface area contributed by atoms with Crippen LogP contribution in [0.4, 0.5) is 0 Å². The normalized spacial score (nSPS) is 16.3. The second-order valence-electron chi connectivity index (χ2n) is 6.78. The molecule has 0 spiro atoms. The molecule has 3 rings (SSSR count). The minimum absolute atomic E-state index is 0.180. The Morgan fingerprint density at radius 3 is 2.46 bits per heavy atom. The molecular formula is C20H24N2O3S. The van der Waals surface area contributed by atoms with E-state index in [-0.39, 0.29) is 10.8 Å². The zero-order chi connectivity index (χ0) is 18.6. The highest BCUT2D eigenvalue weighted by Crippen LogP contribution is 2.24. The van der Waals surface area contributed by atoms with Crippen LogP contribution in [0.1, 0.15) is 35.7 Å². The van der Waals surface area contributed by atoms with Crippen molar-refractivity contribution in [3.8, 4) is 0 Å². The van der Waals surface area contributed by atoms with Crippen molar-refractivity contribution < 1.29 is 13.2 Å². The second-order valence-corrected chi connectivity index (χ2v) is 8.72. The second kappa shape index (κ2) is 8.01. The van der Waals surface area contributed by atoms with Gasteiger partial charge in [0.05, 0.1) is 4.90 Å². The van der Waals surface area contributed by atoms with Gasteiger partial charge in [0.1, 0.15) is 0 Å². The minimum atomic E-state index is -3.56. The number of sulfonamides is 1. The summed E-state index contributed by atoms with van der Waals surface area (Å²) in [6.07, 6.45) is 1.74. The maximum Gasteiger partial charge on any atom is 0.251 e. The van der Waals surface area contributed by atoms with E-state index in [0.29, 0.717) is 31.1 Å². The van der Waals surface area contributed by atoms with Crippen LogP contribution in [0.2, 0.25) is 0 Å². The summed E-state index contributed by atoms with van der Waals surface area (Å²) in [5.41, 5.74) is 1.35. The van der Waals surface area contributed by atoms with Gasteiger partial charge in [0.2, 0.25) is 10.0 Å². The molecule has 0 bridgehead atoms. The Labute approximate surface area is 155 Å². The predicted octanol–water partition coefficient (Wildman–Crippen LogP) is 3.04. The highest BCUT2D eigenvalue weighted by molar-refractivity contribution is 7.89. The topological polar surface area (TPSA) is 66.5 Å². The lowest BCUT2D eigenvalue weighted by molar-refractivity contribution is 0.0950. The molecule has 1 aliphatic rings. The van der Waals surface area contributed by atoms with Crippen LogP contribution < -0.4 is 5.32 Å². The Balaban J connectivity index is 1.72. The number of amides is 1. The minimum Gasteiger partial charge on any atom is -0.348 e. The number of rotatable bonds is 5. The predicted molar refractivity (Wildman–Crippen MR) is 101 cm³/mol. The lowest BCUT2D eigenvalue weighted by atomic mass is 10.0. The molecule has 26 heavy (non-hydrogen) atoms. The van der Waals surface area contributed by atoms with E-state index in [1.54, 1.807) is 18.2 Å². The maximum atomic E-state index is 12.8. The van der Waals surface area contributed by atoms with E-state index < -0.39 is 10.0 Å². The summed E-state index contributed by atoms with van der Waals surface area (Å²) in [4.78, 5) is 12.6. The van der Waals surface area contributed by atoms with Crippen molar-refractivity contribution in [3.05, 3.63) is 65.7 Å². The molecule has 1 N–H and O–H groups in total. The molecule has 1 aliphatic heterocycles. The van der Waals surface area contributed by atoms with Crippen molar-refractivity contribution in [3.63, 3.8) is 0 Å². The summed E-state index contributed by atoms with van der Waals surface area (Å²) in [6, 6.07) is 15.9. The molecule has 1 heterocycles. The van der Waals surface area contributed by atoms with Crippen LogP contribution in [0.5, 0.6) is 0 Å². The molecule has 1 saturated heterocycles. The van der Waals surface area contributed by atoms with Crippen molar-refractivity contribution in [1.82, 2.24) is 9.62 Å². The van der Waals surface area contributed by atoms with Crippen molar-refractivity contribution in [2.75, 3.05) is 13.1 Å². The van der Waals surface area contributed by atoms with E-state index in [9.17, 15) is 13.2 Å². The average Bonchev–Trinajstić information content (AvgIpc) is 2.67. The molecule has 0 radical (unpaired) electrons. The molecule has 0 aliphatic carbocycles. The van der Waals surface area contributed by atoms with Gasteiger partial charge in [-0.05, 0) is 42.5 Å². The first-order valence-electron chi connectivity index (χ1n) is 8.89. The van der Waals surface area contributed by atoms with Gasteiger partial charge in [0, 0.05) is 25.2 Å². The number of hydrogen-bond acceptors (Lipinski definition) is 3. The van der Waals surface area contributed by atoms with Gasteiger partial charge < -0.3 is 5.32 Å². The first-order valence-corrected chi connectivity index (χ1v) is 10.3. The zero-order valence-corrected chi connectivity index (χ0v) is 15.7. The summed E-state index contributed by atoms with van der Waals surface area (Å²) >= 11 is 0. The summed E-state index contributed by atoms with van der Waals surface area (Å²) in [5, 5.41) is 2.83. The lowest BCUT2D eigenvalue weighted by Crippen LogP contribution is -2.38. The first kappa shape index (κ1) is 18.6. The number of benzene rings is 2. The Morgan fingerprint density at radius 1 is 1.08 bits per heavy atom. The van der Waals surface area contributed by atoms with Crippen LogP contribution in [-0.2, 0) is 16.6 Å². The third-order valence-electron chi connectivity index (χ3n) is 4.77. The van der Waals surface area contributed by atoms with E-state index in [0.717, 1.165) is 18.4 Å². The molecule has 1 fully saturated rings. The Morgan fingerprint density at radius 2 is 1.77 bits per heavy atom. The largest absolute Gasteiger partial charge is 0.348 e. The highest BCUT2D eigenvalue weighted by atomic mass is 32.2. The van der Waals surface area contributed by atoms with E-state index in [1.807, 2.05) is 30.3 Å². The fraction of sp³-hybridized carbons (Fsp3) is 0.350. The monoisotopic (exact) mass is 372 g/mol. The van der Waals surface area contributed by atoms with Crippen LogP contribution >= 0.6 is 0 Å². The molecule has 2 aromatic carbocycles. The van der Waals surface area contributed by atoms with E-state index >= 15 is 0 Å².